The number of nitrogens with zero attached hydrogens (tertiary/aromatic N) is 4. The quantitative estimate of drug-likeness (QED) is 0.150. The average molecular weight is 1270 g/mol. The van der Waals surface area contributed by atoms with Crippen molar-refractivity contribution in [2.24, 2.45) is 0 Å². The summed E-state index contributed by atoms with van der Waals surface area (Å²) in [4.78, 5) is 16.1. The number of rotatable bonds is 8. The van der Waals surface area contributed by atoms with Crippen molar-refractivity contribution in [3.05, 3.63) is 312 Å². The Morgan fingerprint density at radius 2 is 0.704 bits per heavy atom. The Bertz CT molecular complexity index is 6140. The van der Waals surface area contributed by atoms with Crippen LogP contribution in [0.2, 0.25) is 0 Å². The van der Waals surface area contributed by atoms with E-state index in [9.17, 15) is 0 Å². The molecular formula is C91H68N4O3. The maximum atomic E-state index is 7.73. The van der Waals surface area contributed by atoms with Gasteiger partial charge in [0.05, 0.1) is 22.2 Å². The monoisotopic (exact) mass is 1260 g/mol. The molecule has 1 spiro atoms. The maximum Gasteiger partial charge on any atom is 0.145 e. The van der Waals surface area contributed by atoms with E-state index >= 15 is 0 Å². The summed E-state index contributed by atoms with van der Waals surface area (Å²) < 4.78 is 21.6. The third kappa shape index (κ3) is 8.35. The van der Waals surface area contributed by atoms with E-state index in [4.69, 9.17) is 23.2 Å². The predicted octanol–water partition coefficient (Wildman–Crippen LogP) is 25.2. The standard InChI is InChI=1S/C91H68N4O3/c1-53-47-70(67-32-21-30-65-62-26-13-18-36-78(62)96-84(65)67)87(92-51-53)94(57-43-39-55(40-44-57)89(3,4)5)76-49-74-81(64-28-10-9-25-61(64)76)83-75(91(74)72-34-16-11-23-59(72)60-24-12-17-35-73(60)91)50-77(82-69-29-15-20-38-80(69)98-86(82)83)95(58-45-41-56(42-46-58)90(6,7)8)88-71(48-54(2)52-93-88)68-33-22-31-66-63-27-14-19-37-79(63)97-85(66)68/h9-52H,1-8H3. The Morgan fingerprint density at radius 1 is 0.316 bits per heavy atom. The van der Waals surface area contributed by atoms with Crippen molar-refractivity contribution < 1.29 is 13.3 Å². The van der Waals surface area contributed by atoms with E-state index in [0.717, 1.165) is 167 Å². The summed E-state index contributed by atoms with van der Waals surface area (Å²) in [6.07, 6.45) is 4.02. The Balaban J connectivity index is 0.953. The summed E-state index contributed by atoms with van der Waals surface area (Å²) in [5.74, 6) is 1.54. The van der Waals surface area contributed by atoms with Crippen LogP contribution in [0.1, 0.15) is 86.1 Å². The van der Waals surface area contributed by atoms with Gasteiger partial charge in [0.1, 0.15) is 45.1 Å². The fourth-order valence-corrected chi connectivity index (χ4v) is 16.4. The number of hydrogen-bond acceptors (Lipinski definition) is 7. The number of furan rings is 3. The van der Waals surface area contributed by atoms with Gasteiger partial charge in [-0.15, -0.1) is 0 Å². The van der Waals surface area contributed by atoms with E-state index < -0.39 is 5.41 Å². The maximum absolute atomic E-state index is 7.73. The molecule has 7 nitrogen and oxygen atoms in total. The molecule has 0 atom stereocenters. The molecule has 0 N–H and O–H groups in total. The van der Waals surface area contributed by atoms with Crippen molar-refractivity contribution in [3.8, 4) is 44.5 Å². The molecule has 5 aromatic heterocycles. The van der Waals surface area contributed by atoms with Crippen LogP contribution < -0.4 is 9.80 Å². The van der Waals surface area contributed by atoms with Crippen LogP contribution in [0.4, 0.5) is 34.4 Å². The Kier molecular flexibility index (Phi) is 12.4. The van der Waals surface area contributed by atoms with Crippen molar-refractivity contribution in [1.29, 1.82) is 0 Å². The second kappa shape index (κ2) is 21.1. The van der Waals surface area contributed by atoms with Gasteiger partial charge < -0.3 is 13.3 Å². The van der Waals surface area contributed by atoms with Gasteiger partial charge in [0.2, 0.25) is 0 Å². The second-order valence-electron chi connectivity index (χ2n) is 28.9. The molecule has 12 aromatic carbocycles. The van der Waals surface area contributed by atoms with Crippen molar-refractivity contribution in [1.82, 2.24) is 9.97 Å². The lowest BCUT2D eigenvalue weighted by atomic mass is 9.70. The van der Waals surface area contributed by atoms with Gasteiger partial charge in [-0.05, 0) is 158 Å². The third-order valence-electron chi connectivity index (χ3n) is 20.9. The summed E-state index contributed by atoms with van der Waals surface area (Å²) in [6, 6.07) is 93.4. The van der Waals surface area contributed by atoms with Gasteiger partial charge in [0.25, 0.3) is 0 Å². The van der Waals surface area contributed by atoms with E-state index in [1.807, 2.05) is 24.5 Å². The molecule has 0 radical (unpaired) electrons. The minimum absolute atomic E-state index is 0.0960. The van der Waals surface area contributed by atoms with Gasteiger partial charge >= 0.3 is 0 Å². The molecule has 0 unspecified atom stereocenters. The Morgan fingerprint density at radius 3 is 1.21 bits per heavy atom. The fraction of sp³-hybridized carbons (Fsp3) is 0.121. The lowest BCUT2D eigenvalue weighted by Crippen LogP contribution is -2.27. The van der Waals surface area contributed by atoms with Gasteiger partial charge in [0.15, 0.2) is 0 Å². The number of fused-ring (bicyclic) bond motifs is 22. The van der Waals surface area contributed by atoms with E-state index in [0.29, 0.717) is 0 Å². The van der Waals surface area contributed by atoms with E-state index in [2.05, 4.69) is 308 Å². The van der Waals surface area contributed by atoms with Gasteiger partial charge in [-0.25, -0.2) is 9.97 Å². The molecular weight excluding hydrogens is 1200 g/mol. The summed E-state index contributed by atoms with van der Waals surface area (Å²) >= 11 is 0. The molecule has 7 heteroatoms. The van der Waals surface area contributed by atoms with Crippen LogP contribution in [0, 0.1) is 13.8 Å². The van der Waals surface area contributed by atoms with E-state index in [-0.39, 0.29) is 10.8 Å². The van der Waals surface area contributed by atoms with Gasteiger partial charge in [-0.2, -0.15) is 0 Å². The Labute approximate surface area is 568 Å². The normalized spacial score (nSPS) is 13.2. The van der Waals surface area contributed by atoms with E-state index in [1.165, 1.54) is 33.4 Å². The molecule has 2 aliphatic rings. The molecule has 0 saturated heterocycles. The first-order valence-electron chi connectivity index (χ1n) is 34.0. The summed E-state index contributed by atoms with van der Waals surface area (Å²) in [6.45, 7) is 17.9. The molecule has 98 heavy (non-hydrogen) atoms. The zero-order valence-electron chi connectivity index (χ0n) is 55.9. The smallest absolute Gasteiger partial charge is 0.145 e. The molecule has 0 aliphatic heterocycles. The molecule has 0 amide bonds. The highest BCUT2D eigenvalue weighted by molar-refractivity contribution is 6.24. The van der Waals surface area contributed by atoms with Gasteiger partial charge in [-0.3, -0.25) is 9.80 Å². The molecule has 0 bridgehead atoms. The molecule has 17 aromatic rings. The first kappa shape index (κ1) is 57.6. The first-order valence-corrected chi connectivity index (χ1v) is 34.0. The van der Waals surface area contributed by atoms with Crippen LogP contribution >= 0.6 is 0 Å². The van der Waals surface area contributed by atoms with Crippen molar-refractivity contribution in [2.45, 2.75) is 71.6 Å². The topological polar surface area (TPSA) is 71.7 Å². The largest absolute Gasteiger partial charge is 0.455 e. The summed E-state index contributed by atoms with van der Waals surface area (Å²) in [5.41, 5.74) is 25.2. The van der Waals surface area contributed by atoms with Gasteiger partial charge in [0, 0.05) is 83.9 Å². The van der Waals surface area contributed by atoms with Crippen LogP contribution in [-0.4, -0.2) is 9.97 Å². The lowest BCUT2D eigenvalue weighted by Gasteiger charge is -2.34. The number of hydrogen-bond donors (Lipinski definition) is 0. The minimum Gasteiger partial charge on any atom is -0.455 e. The highest BCUT2D eigenvalue weighted by Gasteiger charge is 2.54. The molecule has 0 saturated carbocycles. The van der Waals surface area contributed by atoms with Crippen molar-refractivity contribution >= 4 is 111 Å². The SMILES string of the molecule is Cc1cnc(N(c2ccc(C(C)(C)C)cc2)c2cc3c(c4ccccc24)-c2c(cc(N(c4ccc(C(C)(C)C)cc4)c4ncc(C)cc4-c4cccc5c4oc4ccccc45)c4c2oc2ccccc24)C32c3ccccc3-c3ccccc32)c(-c2cccc3c2oc2ccccc23)c1. The second-order valence-corrected chi connectivity index (χ2v) is 28.9. The highest BCUT2D eigenvalue weighted by Crippen LogP contribution is 2.68. The van der Waals surface area contributed by atoms with Crippen LogP contribution in [0.15, 0.2) is 280 Å². The third-order valence-corrected chi connectivity index (χ3v) is 20.9. The zero-order valence-corrected chi connectivity index (χ0v) is 55.9. The number of anilines is 6. The molecule has 0 fully saturated rings. The molecule has 5 heterocycles. The predicted molar refractivity (Wildman–Crippen MR) is 405 cm³/mol. The lowest BCUT2D eigenvalue weighted by molar-refractivity contribution is 0.590. The molecule has 470 valence electrons. The number of pyridine rings is 2. The van der Waals surface area contributed by atoms with Crippen molar-refractivity contribution in [2.75, 3.05) is 9.80 Å². The van der Waals surface area contributed by atoms with Gasteiger partial charge in [-0.1, -0.05) is 230 Å². The number of aryl methyl sites for hydroxylation is 2. The Hall–Kier alpha value is -11.8. The van der Waals surface area contributed by atoms with Crippen LogP contribution in [-0.2, 0) is 16.2 Å². The fourth-order valence-electron chi connectivity index (χ4n) is 16.4. The number of para-hydroxylation sites is 5. The molecule has 19 rings (SSSR count). The van der Waals surface area contributed by atoms with Crippen LogP contribution in [0.25, 0.3) is 121 Å². The first-order chi connectivity index (χ1) is 47.7. The average Bonchev–Trinajstić information content (AvgIpc) is 1.49. The summed E-state index contributed by atoms with van der Waals surface area (Å²) in [7, 11) is 0. The molecule has 2 aliphatic carbocycles. The zero-order chi connectivity index (χ0) is 66.1. The number of benzene rings is 12. The summed E-state index contributed by atoms with van der Waals surface area (Å²) in [5, 5.41) is 8.40. The minimum atomic E-state index is -0.922. The highest BCUT2D eigenvalue weighted by atomic mass is 16.3. The van der Waals surface area contributed by atoms with Crippen LogP contribution in [0.3, 0.4) is 0 Å². The van der Waals surface area contributed by atoms with E-state index in [1.54, 1.807) is 0 Å². The number of aromatic nitrogens is 2. The van der Waals surface area contributed by atoms with Crippen molar-refractivity contribution in [3.63, 3.8) is 0 Å². The van der Waals surface area contributed by atoms with Crippen LogP contribution in [0.5, 0.6) is 0 Å².